The summed E-state index contributed by atoms with van der Waals surface area (Å²) in [7, 11) is 1.69. The number of hydrogen-bond acceptors (Lipinski definition) is 7. The Morgan fingerprint density at radius 3 is 2.93 bits per heavy atom. The summed E-state index contributed by atoms with van der Waals surface area (Å²) in [5.74, 6) is 7.37. The zero-order chi connectivity index (χ0) is 20.1. The zero-order valence-electron chi connectivity index (χ0n) is 16.2. The molecule has 0 spiro atoms. The van der Waals surface area contributed by atoms with Crippen molar-refractivity contribution in [3.63, 3.8) is 0 Å². The lowest BCUT2D eigenvalue weighted by atomic mass is 10.3. The molecule has 1 amide bonds. The fourth-order valence-electron chi connectivity index (χ4n) is 2.83. The maximum Gasteiger partial charge on any atom is 0.278 e. The average molecular weight is 401 g/mol. The van der Waals surface area contributed by atoms with E-state index in [-0.39, 0.29) is 5.91 Å². The van der Waals surface area contributed by atoms with Crippen LogP contribution in [0.15, 0.2) is 29.2 Å². The van der Waals surface area contributed by atoms with Crippen LogP contribution in [0.5, 0.6) is 5.75 Å². The molecule has 2 aromatic rings. The molecule has 1 aliphatic rings. The number of nitrogens with zero attached hydrogens (tertiary/aromatic N) is 3. The first-order valence-electron chi connectivity index (χ1n) is 8.88. The number of amides is 1. The molecule has 9 heteroatoms. The summed E-state index contributed by atoms with van der Waals surface area (Å²) in [4.78, 5) is 20.1. The molecule has 148 valence electrons. The summed E-state index contributed by atoms with van der Waals surface area (Å²) >= 11 is 1.58. The van der Waals surface area contributed by atoms with E-state index < -0.39 is 6.35 Å². The summed E-state index contributed by atoms with van der Waals surface area (Å²) in [5, 5.41) is 6.36. The normalized spacial score (nSPS) is 15.4. The number of carbonyl (C=O) groups excluding carboxylic acids is 1. The van der Waals surface area contributed by atoms with Gasteiger partial charge in [-0.1, -0.05) is 18.1 Å². The second kappa shape index (κ2) is 8.91. The highest BCUT2D eigenvalue weighted by Crippen LogP contribution is 2.32. The van der Waals surface area contributed by atoms with Crippen molar-refractivity contribution in [2.45, 2.75) is 24.7 Å². The highest BCUT2D eigenvalue weighted by atomic mass is 32.2. The van der Waals surface area contributed by atoms with Crippen LogP contribution in [0, 0.1) is 11.8 Å². The van der Waals surface area contributed by atoms with E-state index in [0.29, 0.717) is 42.8 Å². The van der Waals surface area contributed by atoms with Crippen molar-refractivity contribution >= 4 is 29.4 Å². The van der Waals surface area contributed by atoms with Crippen molar-refractivity contribution in [3.8, 4) is 17.6 Å². The Hall–Kier alpha value is -2.83. The van der Waals surface area contributed by atoms with E-state index in [4.69, 9.17) is 10.5 Å². The van der Waals surface area contributed by atoms with Gasteiger partial charge in [0.1, 0.15) is 5.75 Å². The topological polar surface area (TPSA) is 97.4 Å². The SMILES string of the molecule is CC#CCn1c(NCCN)nc2c1C(=O)N(C)C(Oc1ccccc1SC)N2. The van der Waals surface area contributed by atoms with Crippen LogP contribution in [0.1, 0.15) is 17.4 Å². The van der Waals surface area contributed by atoms with E-state index in [0.717, 1.165) is 4.90 Å². The number of fused-ring (bicyclic) bond motifs is 1. The standard InChI is InChI=1S/C19H24N6O2S/c1-4-5-12-25-15-16(22-18(25)21-11-10-20)23-19(24(2)17(15)26)27-13-8-6-7-9-14(13)28-3/h6-9,19,23H,10-12,20H2,1-3H3,(H,21,22). The molecule has 4 N–H and O–H groups in total. The maximum atomic E-state index is 13.1. The lowest BCUT2D eigenvalue weighted by Crippen LogP contribution is -2.50. The number of ether oxygens (including phenoxy) is 1. The smallest absolute Gasteiger partial charge is 0.278 e. The molecule has 1 aliphatic heterocycles. The molecule has 2 heterocycles. The lowest BCUT2D eigenvalue weighted by molar-refractivity contribution is 0.0383. The van der Waals surface area contributed by atoms with Gasteiger partial charge in [-0.15, -0.1) is 17.7 Å². The third-order valence-electron chi connectivity index (χ3n) is 4.25. The van der Waals surface area contributed by atoms with Gasteiger partial charge in [0.25, 0.3) is 12.3 Å². The molecule has 0 bridgehead atoms. The molecular formula is C19H24N6O2S. The summed E-state index contributed by atoms with van der Waals surface area (Å²) in [6.45, 7) is 3.11. The minimum Gasteiger partial charge on any atom is -0.451 e. The number of thioether (sulfide) groups is 1. The summed E-state index contributed by atoms with van der Waals surface area (Å²) in [6, 6.07) is 7.71. The molecule has 3 rings (SSSR count). The van der Waals surface area contributed by atoms with E-state index in [1.54, 1.807) is 30.3 Å². The van der Waals surface area contributed by atoms with Crippen molar-refractivity contribution in [2.24, 2.45) is 5.73 Å². The van der Waals surface area contributed by atoms with Gasteiger partial charge in [0, 0.05) is 25.0 Å². The van der Waals surface area contributed by atoms with Crippen molar-refractivity contribution in [2.75, 3.05) is 37.0 Å². The number of benzene rings is 1. The second-order valence-electron chi connectivity index (χ2n) is 6.04. The largest absolute Gasteiger partial charge is 0.451 e. The first-order chi connectivity index (χ1) is 13.6. The average Bonchev–Trinajstić information content (AvgIpc) is 3.06. The molecule has 1 aromatic heterocycles. The van der Waals surface area contributed by atoms with E-state index in [9.17, 15) is 4.79 Å². The molecule has 0 fully saturated rings. The minimum atomic E-state index is -0.670. The van der Waals surface area contributed by atoms with Crippen LogP contribution in [-0.4, -0.2) is 53.1 Å². The van der Waals surface area contributed by atoms with Crippen LogP contribution in [0.3, 0.4) is 0 Å². The minimum absolute atomic E-state index is 0.188. The molecule has 28 heavy (non-hydrogen) atoms. The first kappa shape index (κ1) is 19.9. The van der Waals surface area contributed by atoms with Gasteiger partial charge in [-0.2, -0.15) is 4.98 Å². The Morgan fingerprint density at radius 2 is 2.21 bits per heavy atom. The highest BCUT2D eigenvalue weighted by Gasteiger charge is 2.36. The Morgan fingerprint density at radius 1 is 1.43 bits per heavy atom. The third-order valence-corrected chi connectivity index (χ3v) is 5.03. The Balaban J connectivity index is 1.93. The van der Waals surface area contributed by atoms with Crippen LogP contribution in [0.2, 0.25) is 0 Å². The van der Waals surface area contributed by atoms with Crippen molar-refractivity contribution in [3.05, 3.63) is 30.0 Å². The molecular weight excluding hydrogens is 376 g/mol. The van der Waals surface area contributed by atoms with Crippen LogP contribution in [0.25, 0.3) is 0 Å². The third kappa shape index (κ3) is 3.88. The quantitative estimate of drug-likeness (QED) is 0.482. The van der Waals surface area contributed by atoms with Gasteiger partial charge in [0.05, 0.1) is 6.54 Å². The van der Waals surface area contributed by atoms with Crippen molar-refractivity contribution in [1.82, 2.24) is 14.5 Å². The molecule has 8 nitrogen and oxygen atoms in total. The van der Waals surface area contributed by atoms with Crippen LogP contribution >= 0.6 is 11.8 Å². The van der Waals surface area contributed by atoms with Gasteiger partial charge in [-0.3, -0.25) is 14.3 Å². The summed E-state index contributed by atoms with van der Waals surface area (Å²) < 4.78 is 7.85. The van der Waals surface area contributed by atoms with Gasteiger partial charge in [-0.25, -0.2) is 0 Å². The van der Waals surface area contributed by atoms with E-state index in [1.165, 1.54) is 4.90 Å². The number of carbonyl (C=O) groups is 1. The molecule has 0 aliphatic carbocycles. The number of rotatable bonds is 7. The monoisotopic (exact) mass is 400 g/mol. The fraction of sp³-hybridized carbons (Fsp3) is 0.368. The number of nitrogens with one attached hydrogen (secondary N) is 2. The Labute approximate surface area is 168 Å². The number of imidazole rings is 1. The molecule has 0 radical (unpaired) electrons. The predicted octanol–water partition coefficient (Wildman–Crippen LogP) is 1.86. The molecule has 1 unspecified atom stereocenters. The Bertz CT molecular complexity index is 917. The molecule has 0 saturated carbocycles. The zero-order valence-corrected chi connectivity index (χ0v) is 17.0. The van der Waals surface area contributed by atoms with Crippen LogP contribution in [0.4, 0.5) is 11.8 Å². The van der Waals surface area contributed by atoms with E-state index >= 15 is 0 Å². The highest BCUT2D eigenvalue weighted by molar-refractivity contribution is 7.98. The number of anilines is 2. The first-order valence-corrected chi connectivity index (χ1v) is 10.1. The predicted molar refractivity (Wildman–Crippen MR) is 112 cm³/mol. The van der Waals surface area contributed by atoms with Crippen LogP contribution in [-0.2, 0) is 6.54 Å². The molecule has 1 atom stereocenters. The fourth-order valence-corrected chi connectivity index (χ4v) is 3.37. The van der Waals surface area contributed by atoms with E-state index in [1.807, 2.05) is 30.5 Å². The number of hydrogen-bond donors (Lipinski definition) is 3. The molecule has 1 aromatic carbocycles. The van der Waals surface area contributed by atoms with Gasteiger partial charge in [0.15, 0.2) is 11.5 Å². The Kier molecular flexibility index (Phi) is 6.34. The van der Waals surface area contributed by atoms with Crippen molar-refractivity contribution < 1.29 is 9.53 Å². The second-order valence-corrected chi connectivity index (χ2v) is 6.89. The van der Waals surface area contributed by atoms with Gasteiger partial charge in [0.2, 0.25) is 5.95 Å². The maximum absolute atomic E-state index is 13.1. The number of aromatic nitrogens is 2. The van der Waals surface area contributed by atoms with Gasteiger partial charge >= 0.3 is 0 Å². The van der Waals surface area contributed by atoms with Gasteiger partial charge < -0.3 is 21.1 Å². The molecule has 0 saturated heterocycles. The summed E-state index contributed by atoms with van der Waals surface area (Å²) in [6.07, 6.45) is 1.31. The van der Waals surface area contributed by atoms with Crippen LogP contribution < -0.4 is 21.1 Å². The number of nitrogens with two attached hydrogens (primary N) is 1. The number of para-hydroxylation sites is 1. The van der Waals surface area contributed by atoms with Crippen molar-refractivity contribution in [1.29, 1.82) is 0 Å². The van der Waals surface area contributed by atoms with Gasteiger partial charge in [-0.05, 0) is 25.3 Å². The van der Waals surface area contributed by atoms with E-state index in [2.05, 4.69) is 27.5 Å². The summed E-state index contributed by atoms with van der Waals surface area (Å²) in [5.41, 5.74) is 6.04. The lowest BCUT2D eigenvalue weighted by Gasteiger charge is -2.33.